The molecule has 0 aliphatic heterocycles. The molecule has 0 radical (unpaired) electrons. The quantitative estimate of drug-likeness (QED) is 0.842. The molecule has 0 amide bonds. The van der Waals surface area contributed by atoms with Gasteiger partial charge in [-0.05, 0) is 32.0 Å². The molecule has 1 unspecified atom stereocenters. The second-order valence-corrected chi connectivity index (χ2v) is 4.63. The minimum Gasteiger partial charge on any atom is -0.491 e. The SMILES string of the molecule is Cc1cc(C)nc(NCC(O)COc2ccccc2)n1. The number of aryl methyl sites for hydroxylation is 2. The zero-order chi connectivity index (χ0) is 14.4. The van der Waals surface area contributed by atoms with E-state index in [1.165, 1.54) is 0 Å². The van der Waals surface area contributed by atoms with Gasteiger partial charge in [-0.2, -0.15) is 0 Å². The molecule has 2 aromatic rings. The van der Waals surface area contributed by atoms with E-state index in [1.807, 2.05) is 50.2 Å². The maximum absolute atomic E-state index is 9.87. The Bertz CT molecular complexity index is 526. The number of para-hydroxylation sites is 1. The van der Waals surface area contributed by atoms with Crippen LogP contribution in [0.2, 0.25) is 0 Å². The zero-order valence-corrected chi connectivity index (χ0v) is 11.7. The van der Waals surface area contributed by atoms with Crippen LogP contribution in [0.15, 0.2) is 36.4 Å². The molecule has 0 spiro atoms. The van der Waals surface area contributed by atoms with Gasteiger partial charge in [-0.1, -0.05) is 18.2 Å². The Kier molecular flexibility index (Phi) is 4.90. The Labute approximate surface area is 118 Å². The Hall–Kier alpha value is -2.14. The highest BCUT2D eigenvalue weighted by atomic mass is 16.5. The highest BCUT2D eigenvalue weighted by molar-refractivity contribution is 5.27. The first-order valence-corrected chi connectivity index (χ1v) is 6.55. The molecule has 5 nitrogen and oxygen atoms in total. The van der Waals surface area contributed by atoms with Crippen LogP contribution >= 0.6 is 0 Å². The second kappa shape index (κ2) is 6.86. The largest absolute Gasteiger partial charge is 0.491 e. The molecule has 0 bridgehead atoms. The highest BCUT2D eigenvalue weighted by Gasteiger charge is 2.06. The second-order valence-electron chi connectivity index (χ2n) is 4.63. The number of anilines is 1. The number of hydrogen-bond donors (Lipinski definition) is 2. The van der Waals surface area contributed by atoms with Crippen molar-refractivity contribution in [3.05, 3.63) is 47.8 Å². The van der Waals surface area contributed by atoms with E-state index in [2.05, 4.69) is 15.3 Å². The lowest BCUT2D eigenvalue weighted by atomic mass is 10.3. The molecule has 106 valence electrons. The molecule has 0 aliphatic carbocycles. The van der Waals surface area contributed by atoms with Gasteiger partial charge in [-0.25, -0.2) is 9.97 Å². The van der Waals surface area contributed by atoms with Crippen LogP contribution in [0.1, 0.15) is 11.4 Å². The number of ether oxygens (including phenoxy) is 1. The third-order valence-electron chi connectivity index (χ3n) is 2.66. The van der Waals surface area contributed by atoms with Crippen molar-refractivity contribution in [1.82, 2.24) is 9.97 Å². The molecule has 5 heteroatoms. The summed E-state index contributed by atoms with van der Waals surface area (Å²) in [5.74, 6) is 1.27. The van der Waals surface area contributed by atoms with E-state index >= 15 is 0 Å². The van der Waals surface area contributed by atoms with Gasteiger partial charge in [0.1, 0.15) is 18.5 Å². The van der Waals surface area contributed by atoms with Crippen LogP contribution in [-0.4, -0.2) is 34.3 Å². The van der Waals surface area contributed by atoms with Crippen molar-refractivity contribution in [3.63, 3.8) is 0 Å². The Morgan fingerprint density at radius 3 is 2.45 bits per heavy atom. The number of aromatic nitrogens is 2. The third kappa shape index (κ3) is 4.51. The van der Waals surface area contributed by atoms with Gasteiger partial charge < -0.3 is 15.2 Å². The summed E-state index contributed by atoms with van der Waals surface area (Å²) in [4.78, 5) is 8.50. The molecule has 0 fully saturated rings. The summed E-state index contributed by atoms with van der Waals surface area (Å²) in [6.45, 7) is 4.39. The Morgan fingerprint density at radius 1 is 1.15 bits per heavy atom. The fraction of sp³-hybridized carbons (Fsp3) is 0.333. The van der Waals surface area contributed by atoms with E-state index in [1.54, 1.807) is 0 Å². The molecular formula is C15H19N3O2. The summed E-state index contributed by atoms with van der Waals surface area (Å²) in [6, 6.07) is 11.3. The number of hydrogen-bond acceptors (Lipinski definition) is 5. The van der Waals surface area contributed by atoms with Crippen molar-refractivity contribution in [1.29, 1.82) is 0 Å². The first-order valence-electron chi connectivity index (χ1n) is 6.55. The Morgan fingerprint density at radius 2 is 1.80 bits per heavy atom. The van der Waals surface area contributed by atoms with Gasteiger partial charge in [0.15, 0.2) is 0 Å². The van der Waals surface area contributed by atoms with Gasteiger partial charge in [0.2, 0.25) is 5.95 Å². The van der Waals surface area contributed by atoms with Gasteiger partial charge in [0.05, 0.1) is 0 Å². The van der Waals surface area contributed by atoms with Crippen molar-refractivity contribution in [2.45, 2.75) is 20.0 Å². The molecular weight excluding hydrogens is 254 g/mol. The first kappa shape index (κ1) is 14.3. The topological polar surface area (TPSA) is 67.3 Å². The minimum absolute atomic E-state index is 0.224. The lowest BCUT2D eigenvalue weighted by Crippen LogP contribution is -2.27. The minimum atomic E-state index is -0.625. The molecule has 0 aliphatic rings. The fourth-order valence-electron chi connectivity index (χ4n) is 1.78. The summed E-state index contributed by atoms with van der Waals surface area (Å²) >= 11 is 0. The van der Waals surface area contributed by atoms with Gasteiger partial charge in [0, 0.05) is 17.9 Å². The van der Waals surface area contributed by atoms with E-state index in [9.17, 15) is 5.11 Å². The maximum atomic E-state index is 9.87. The van der Waals surface area contributed by atoms with Gasteiger partial charge in [-0.3, -0.25) is 0 Å². The molecule has 1 aromatic heterocycles. The number of nitrogens with one attached hydrogen (secondary N) is 1. The van der Waals surface area contributed by atoms with E-state index in [4.69, 9.17) is 4.74 Å². The molecule has 2 N–H and O–H groups in total. The fourth-order valence-corrected chi connectivity index (χ4v) is 1.78. The Balaban J connectivity index is 1.78. The predicted molar refractivity (Wildman–Crippen MR) is 77.9 cm³/mol. The van der Waals surface area contributed by atoms with Crippen molar-refractivity contribution in [2.75, 3.05) is 18.5 Å². The lowest BCUT2D eigenvalue weighted by Gasteiger charge is -2.13. The van der Waals surface area contributed by atoms with Crippen LogP contribution in [-0.2, 0) is 0 Å². The van der Waals surface area contributed by atoms with Crippen LogP contribution in [0.5, 0.6) is 5.75 Å². The van der Waals surface area contributed by atoms with Gasteiger partial charge in [-0.15, -0.1) is 0 Å². The average molecular weight is 273 g/mol. The molecule has 1 atom stereocenters. The summed E-state index contributed by atoms with van der Waals surface area (Å²) in [5, 5.41) is 12.9. The maximum Gasteiger partial charge on any atom is 0.223 e. The zero-order valence-electron chi connectivity index (χ0n) is 11.7. The average Bonchev–Trinajstić information content (AvgIpc) is 2.43. The van der Waals surface area contributed by atoms with E-state index in [-0.39, 0.29) is 6.61 Å². The van der Waals surface area contributed by atoms with Crippen molar-refractivity contribution >= 4 is 5.95 Å². The monoisotopic (exact) mass is 273 g/mol. The van der Waals surface area contributed by atoms with Crippen molar-refractivity contribution < 1.29 is 9.84 Å². The number of benzene rings is 1. The summed E-state index contributed by atoms with van der Waals surface area (Å²) in [7, 11) is 0. The standard InChI is InChI=1S/C15H19N3O2/c1-11-8-12(2)18-15(17-11)16-9-13(19)10-20-14-6-4-3-5-7-14/h3-8,13,19H,9-10H2,1-2H3,(H,16,17,18). The normalized spacial score (nSPS) is 11.9. The van der Waals surface area contributed by atoms with Gasteiger partial charge in [0.25, 0.3) is 0 Å². The smallest absolute Gasteiger partial charge is 0.223 e. The van der Waals surface area contributed by atoms with Crippen molar-refractivity contribution in [3.8, 4) is 5.75 Å². The number of aliphatic hydroxyl groups excluding tert-OH is 1. The van der Waals surface area contributed by atoms with Crippen molar-refractivity contribution in [2.24, 2.45) is 0 Å². The molecule has 0 saturated heterocycles. The van der Waals surface area contributed by atoms with E-state index in [0.717, 1.165) is 17.1 Å². The van der Waals surface area contributed by atoms with E-state index in [0.29, 0.717) is 12.5 Å². The molecule has 0 saturated carbocycles. The summed E-state index contributed by atoms with van der Waals surface area (Å²) in [6.07, 6.45) is -0.625. The lowest BCUT2D eigenvalue weighted by molar-refractivity contribution is 0.117. The molecule has 1 aromatic carbocycles. The highest BCUT2D eigenvalue weighted by Crippen LogP contribution is 2.09. The van der Waals surface area contributed by atoms with Crippen LogP contribution in [0.4, 0.5) is 5.95 Å². The number of nitrogens with zero attached hydrogens (tertiary/aromatic N) is 2. The molecule has 1 heterocycles. The van der Waals surface area contributed by atoms with Crippen LogP contribution < -0.4 is 10.1 Å². The van der Waals surface area contributed by atoms with Crippen LogP contribution in [0.3, 0.4) is 0 Å². The summed E-state index contributed by atoms with van der Waals surface area (Å²) < 4.78 is 5.47. The number of rotatable bonds is 6. The summed E-state index contributed by atoms with van der Waals surface area (Å²) in [5.41, 5.74) is 1.80. The molecule has 20 heavy (non-hydrogen) atoms. The van der Waals surface area contributed by atoms with Crippen LogP contribution in [0.25, 0.3) is 0 Å². The number of aliphatic hydroxyl groups is 1. The van der Waals surface area contributed by atoms with E-state index < -0.39 is 6.10 Å². The first-order chi connectivity index (χ1) is 9.63. The van der Waals surface area contributed by atoms with Gasteiger partial charge >= 0.3 is 0 Å². The van der Waals surface area contributed by atoms with Crippen LogP contribution in [0, 0.1) is 13.8 Å². The molecule has 2 rings (SSSR count). The third-order valence-corrected chi connectivity index (χ3v) is 2.66. The predicted octanol–water partition coefficient (Wildman–Crippen LogP) is 1.95.